The molecule has 1 aliphatic heterocycles. The number of hydrogen-bond donors (Lipinski definition) is 0. The van der Waals surface area contributed by atoms with Gasteiger partial charge in [0.05, 0.1) is 11.7 Å². The van der Waals surface area contributed by atoms with Crippen LogP contribution in [0, 0.1) is 0 Å². The van der Waals surface area contributed by atoms with Crippen LogP contribution in [0.4, 0.5) is 0 Å². The highest BCUT2D eigenvalue weighted by Gasteiger charge is 2.31. The number of aryl methyl sites for hydroxylation is 1. The highest BCUT2D eigenvalue weighted by Crippen LogP contribution is 2.30. The summed E-state index contributed by atoms with van der Waals surface area (Å²) in [5.41, 5.74) is 1.99. The topological polar surface area (TPSA) is 35.5 Å². The molecule has 1 aromatic rings. The molecule has 0 amide bonds. The molecule has 0 N–H and O–H groups in total. The second-order valence-corrected chi connectivity index (χ2v) is 6.44. The van der Waals surface area contributed by atoms with Crippen LogP contribution in [-0.4, -0.2) is 24.1 Å². The number of carbonyl (C=O) groups excluding carboxylic acids is 1. The highest BCUT2D eigenvalue weighted by molar-refractivity contribution is 5.98. The quantitative estimate of drug-likeness (QED) is 0.845. The predicted octanol–water partition coefficient (Wildman–Crippen LogP) is 3.54. The lowest BCUT2D eigenvalue weighted by atomic mass is 9.90. The van der Waals surface area contributed by atoms with Gasteiger partial charge in [0.1, 0.15) is 12.4 Å². The minimum atomic E-state index is -0.0176. The van der Waals surface area contributed by atoms with Crippen LogP contribution in [-0.2, 0) is 11.2 Å². The Bertz CT molecular complexity index is 519. The van der Waals surface area contributed by atoms with Gasteiger partial charge in [0.25, 0.3) is 0 Å². The fraction of sp³-hybridized carbons (Fsp3) is 0.588. The normalized spacial score (nSPS) is 24.5. The van der Waals surface area contributed by atoms with Crippen molar-refractivity contribution < 1.29 is 14.3 Å². The van der Waals surface area contributed by atoms with Gasteiger partial charge in [-0.05, 0) is 63.3 Å². The third-order valence-electron chi connectivity index (χ3n) is 4.22. The Morgan fingerprint density at radius 2 is 2.20 bits per heavy atom. The zero-order valence-corrected chi connectivity index (χ0v) is 12.3. The van der Waals surface area contributed by atoms with Crippen molar-refractivity contribution in [2.75, 3.05) is 6.61 Å². The molecular weight excluding hydrogens is 252 g/mol. The maximum atomic E-state index is 11.8. The van der Waals surface area contributed by atoms with Crippen molar-refractivity contribution >= 4 is 5.78 Å². The molecule has 0 spiro atoms. The van der Waals surface area contributed by atoms with Crippen LogP contribution in [0.1, 0.15) is 55.5 Å². The maximum Gasteiger partial charge on any atom is 0.163 e. The molecule has 2 aliphatic rings. The lowest BCUT2D eigenvalue weighted by Gasteiger charge is -2.20. The van der Waals surface area contributed by atoms with Crippen LogP contribution in [0.2, 0.25) is 0 Å². The van der Waals surface area contributed by atoms with Gasteiger partial charge in [0, 0.05) is 12.0 Å². The Morgan fingerprint density at radius 1 is 1.35 bits per heavy atom. The minimum Gasteiger partial charge on any atom is -0.491 e. The zero-order valence-electron chi connectivity index (χ0n) is 12.3. The fourth-order valence-electron chi connectivity index (χ4n) is 3.10. The summed E-state index contributed by atoms with van der Waals surface area (Å²) >= 11 is 0. The van der Waals surface area contributed by atoms with Crippen LogP contribution in [0.25, 0.3) is 0 Å². The van der Waals surface area contributed by atoms with Gasteiger partial charge in [-0.2, -0.15) is 0 Å². The van der Waals surface area contributed by atoms with Crippen molar-refractivity contribution in [2.24, 2.45) is 0 Å². The Balaban J connectivity index is 1.63. The first-order valence-electron chi connectivity index (χ1n) is 7.50. The third kappa shape index (κ3) is 2.88. The van der Waals surface area contributed by atoms with E-state index in [0.717, 1.165) is 42.6 Å². The molecule has 20 heavy (non-hydrogen) atoms. The average Bonchev–Trinajstić information content (AvgIpc) is 2.76. The molecule has 0 saturated carbocycles. The van der Waals surface area contributed by atoms with Gasteiger partial charge >= 0.3 is 0 Å². The van der Waals surface area contributed by atoms with E-state index < -0.39 is 0 Å². The first kappa shape index (κ1) is 13.6. The summed E-state index contributed by atoms with van der Waals surface area (Å²) in [7, 11) is 0. The van der Waals surface area contributed by atoms with E-state index in [4.69, 9.17) is 9.47 Å². The molecule has 0 radical (unpaired) electrons. The first-order chi connectivity index (χ1) is 9.53. The van der Waals surface area contributed by atoms with E-state index in [9.17, 15) is 4.79 Å². The van der Waals surface area contributed by atoms with Crippen LogP contribution in [0.5, 0.6) is 5.75 Å². The molecule has 1 unspecified atom stereocenters. The van der Waals surface area contributed by atoms with Crippen molar-refractivity contribution in [1.82, 2.24) is 0 Å². The largest absolute Gasteiger partial charge is 0.491 e. The molecular formula is C17H22O3. The SMILES string of the molecule is CC1(C)CCC(COc2ccc3c(c2)CCCC3=O)O1. The maximum absolute atomic E-state index is 11.8. The second-order valence-electron chi connectivity index (χ2n) is 6.44. The van der Waals surface area contributed by atoms with E-state index in [1.54, 1.807) is 0 Å². The summed E-state index contributed by atoms with van der Waals surface area (Å²) in [6.45, 7) is 4.84. The van der Waals surface area contributed by atoms with E-state index in [2.05, 4.69) is 13.8 Å². The van der Waals surface area contributed by atoms with Gasteiger partial charge in [-0.15, -0.1) is 0 Å². The van der Waals surface area contributed by atoms with Gasteiger partial charge in [-0.3, -0.25) is 4.79 Å². The molecule has 3 heteroatoms. The molecule has 3 rings (SSSR count). The van der Waals surface area contributed by atoms with Gasteiger partial charge < -0.3 is 9.47 Å². The van der Waals surface area contributed by atoms with E-state index in [-0.39, 0.29) is 17.5 Å². The van der Waals surface area contributed by atoms with Crippen molar-refractivity contribution in [1.29, 1.82) is 0 Å². The number of ketones is 1. The van der Waals surface area contributed by atoms with Gasteiger partial charge in [0.2, 0.25) is 0 Å². The first-order valence-corrected chi connectivity index (χ1v) is 7.50. The summed E-state index contributed by atoms with van der Waals surface area (Å²) in [6, 6.07) is 5.83. The summed E-state index contributed by atoms with van der Waals surface area (Å²) in [5, 5.41) is 0. The van der Waals surface area contributed by atoms with Crippen molar-refractivity contribution in [3.05, 3.63) is 29.3 Å². The molecule has 1 saturated heterocycles. The van der Waals surface area contributed by atoms with Crippen LogP contribution in [0.15, 0.2) is 18.2 Å². The van der Waals surface area contributed by atoms with Gasteiger partial charge in [0.15, 0.2) is 5.78 Å². The molecule has 3 nitrogen and oxygen atoms in total. The fourth-order valence-corrected chi connectivity index (χ4v) is 3.10. The smallest absolute Gasteiger partial charge is 0.163 e. The number of benzene rings is 1. The highest BCUT2D eigenvalue weighted by atomic mass is 16.6. The molecule has 0 bridgehead atoms. The Morgan fingerprint density at radius 3 is 2.95 bits per heavy atom. The molecule has 0 aromatic heterocycles. The van der Waals surface area contributed by atoms with Crippen LogP contribution >= 0.6 is 0 Å². The molecule has 1 fully saturated rings. The number of hydrogen-bond acceptors (Lipinski definition) is 3. The zero-order chi connectivity index (χ0) is 14.2. The molecule has 1 aromatic carbocycles. The number of fused-ring (bicyclic) bond motifs is 1. The number of Topliss-reactive ketones (excluding diaryl/α,β-unsaturated/α-hetero) is 1. The van der Waals surface area contributed by atoms with Crippen molar-refractivity contribution in [3.63, 3.8) is 0 Å². The Labute approximate surface area is 120 Å². The van der Waals surface area contributed by atoms with E-state index in [0.29, 0.717) is 13.0 Å². The number of carbonyl (C=O) groups is 1. The molecule has 1 heterocycles. The summed E-state index contributed by atoms with van der Waals surface area (Å²) in [5.74, 6) is 1.12. The standard InChI is InChI=1S/C17H22O3/c1-17(2)9-8-14(20-17)11-19-13-6-7-15-12(10-13)4-3-5-16(15)18/h6-7,10,14H,3-5,8-9,11H2,1-2H3. The summed E-state index contributed by atoms with van der Waals surface area (Å²) in [4.78, 5) is 11.8. The average molecular weight is 274 g/mol. The molecule has 108 valence electrons. The third-order valence-corrected chi connectivity index (χ3v) is 4.22. The van der Waals surface area contributed by atoms with E-state index in [1.807, 2.05) is 18.2 Å². The van der Waals surface area contributed by atoms with Crippen LogP contribution in [0.3, 0.4) is 0 Å². The van der Waals surface area contributed by atoms with Crippen LogP contribution < -0.4 is 4.74 Å². The monoisotopic (exact) mass is 274 g/mol. The lowest BCUT2D eigenvalue weighted by Crippen LogP contribution is -2.24. The number of rotatable bonds is 3. The Kier molecular flexibility index (Phi) is 3.55. The molecule has 1 atom stereocenters. The molecule has 1 aliphatic carbocycles. The summed E-state index contributed by atoms with van der Waals surface area (Å²) in [6.07, 6.45) is 4.93. The van der Waals surface area contributed by atoms with Crippen molar-refractivity contribution in [3.8, 4) is 5.75 Å². The van der Waals surface area contributed by atoms with Gasteiger partial charge in [-0.25, -0.2) is 0 Å². The van der Waals surface area contributed by atoms with Gasteiger partial charge in [-0.1, -0.05) is 0 Å². The van der Waals surface area contributed by atoms with Crippen molar-refractivity contribution in [2.45, 2.75) is 57.7 Å². The number of ether oxygens (including phenoxy) is 2. The lowest BCUT2D eigenvalue weighted by molar-refractivity contribution is -0.0326. The Hall–Kier alpha value is -1.35. The predicted molar refractivity (Wildman–Crippen MR) is 77.4 cm³/mol. The summed E-state index contributed by atoms with van der Waals surface area (Å²) < 4.78 is 11.8. The second kappa shape index (κ2) is 5.21. The minimum absolute atomic E-state index is 0.0176. The van der Waals surface area contributed by atoms with E-state index in [1.165, 1.54) is 0 Å². The van der Waals surface area contributed by atoms with E-state index >= 15 is 0 Å².